The van der Waals surface area contributed by atoms with Gasteiger partial charge in [-0.3, -0.25) is 0 Å². The van der Waals surface area contributed by atoms with Crippen molar-refractivity contribution in [3.8, 4) is 0 Å². The molecule has 0 saturated carbocycles. The van der Waals surface area contributed by atoms with Crippen LogP contribution in [0.1, 0.15) is 101 Å². The Kier molecular flexibility index (Phi) is 15.3. The van der Waals surface area contributed by atoms with E-state index in [1.54, 1.807) is 50.6 Å². The minimum absolute atomic E-state index is 0.618. The van der Waals surface area contributed by atoms with E-state index >= 15 is 0 Å². The van der Waals surface area contributed by atoms with E-state index in [9.17, 15) is 0 Å². The monoisotopic (exact) mass is 1110 g/mol. The molecule has 0 aliphatic rings. The predicted octanol–water partition coefficient (Wildman–Crippen LogP) is 13.3. The third kappa shape index (κ3) is 9.38. The number of benzene rings is 4. The Labute approximate surface area is 486 Å². The summed E-state index contributed by atoms with van der Waals surface area (Å²) in [6.07, 6.45) is 32.9. The van der Waals surface area contributed by atoms with Crippen LogP contribution in [0.4, 0.5) is 68.2 Å². The summed E-state index contributed by atoms with van der Waals surface area (Å²) in [5.41, 5.74) is 16.3. The van der Waals surface area contributed by atoms with Gasteiger partial charge in [-0.15, -0.1) is 0 Å². The van der Waals surface area contributed by atoms with Crippen LogP contribution in [0.25, 0.3) is 32.3 Å². The van der Waals surface area contributed by atoms with Gasteiger partial charge in [0.1, 0.15) is 50.6 Å². The molecule has 0 atom stereocenters. The Hall–Kier alpha value is -10.2. The molecule has 8 heterocycles. The Bertz CT molecular complexity index is 3610. The van der Waals surface area contributed by atoms with Crippen LogP contribution >= 0.6 is 0 Å². The standard InChI is InChI=1S/C64H62N20/c1-9-43-55(23-65-31-73-43)81(56-24-66-32-74-44(56)10-2)51-21-52(82(57-25-67-33-75-45(57)11-3)58-26-68-34-76-46(58)12-4)40-19-20-42-54(84(61-29-71-37-79-49(61)15-7)62-30-72-38-80-50(62)16-8)22-53(41-18-17-39(51)63(40)64(41)42)83(59-27-69-35-77-47(59)13-5)60-28-70-36-78-48(60)14-6/h17-38H,9-16H2,1-8H3. The molecule has 4 aromatic carbocycles. The first-order valence-corrected chi connectivity index (χ1v) is 28.7. The number of nitrogens with zero attached hydrogens (tertiary/aromatic N) is 20. The fraction of sp³-hybridized carbons (Fsp3) is 0.250. The van der Waals surface area contributed by atoms with Gasteiger partial charge in [-0.25, -0.2) is 79.7 Å². The van der Waals surface area contributed by atoms with Crippen molar-refractivity contribution in [2.45, 2.75) is 107 Å². The topological polar surface area (TPSA) is 219 Å². The lowest BCUT2D eigenvalue weighted by molar-refractivity contribution is 0.955. The molecule has 0 spiro atoms. The molecule has 0 radical (unpaired) electrons. The summed E-state index contributed by atoms with van der Waals surface area (Å²) in [6, 6.07) is 13.5. The third-order valence-electron chi connectivity index (χ3n) is 15.6. The van der Waals surface area contributed by atoms with Crippen molar-refractivity contribution >= 4 is 101 Å². The number of hydrogen-bond acceptors (Lipinski definition) is 20. The lowest BCUT2D eigenvalue weighted by atomic mass is 9.89. The molecule has 0 amide bonds. The van der Waals surface area contributed by atoms with Crippen molar-refractivity contribution in [3.63, 3.8) is 0 Å². The van der Waals surface area contributed by atoms with Gasteiger partial charge in [-0.2, -0.15) is 0 Å². The summed E-state index contributed by atoms with van der Waals surface area (Å²) in [5, 5.41) is 5.60. The van der Waals surface area contributed by atoms with E-state index in [0.717, 1.165) is 146 Å². The highest BCUT2D eigenvalue weighted by Gasteiger charge is 2.33. The zero-order valence-corrected chi connectivity index (χ0v) is 48.3. The molecule has 418 valence electrons. The summed E-state index contributed by atoms with van der Waals surface area (Å²) in [4.78, 5) is 86.2. The van der Waals surface area contributed by atoms with E-state index in [2.05, 4.69) is 111 Å². The summed E-state index contributed by atoms with van der Waals surface area (Å²) < 4.78 is 0. The highest BCUT2D eigenvalue weighted by Crippen LogP contribution is 2.56. The number of hydrogen-bond donors (Lipinski definition) is 0. The maximum Gasteiger partial charge on any atom is 0.115 e. The summed E-state index contributed by atoms with van der Waals surface area (Å²) >= 11 is 0. The third-order valence-corrected chi connectivity index (χ3v) is 15.6. The first-order chi connectivity index (χ1) is 41.4. The second-order valence-corrected chi connectivity index (χ2v) is 19.9. The van der Waals surface area contributed by atoms with Gasteiger partial charge in [0.05, 0.1) is 163 Å². The van der Waals surface area contributed by atoms with Gasteiger partial charge in [-0.05, 0) is 63.5 Å². The van der Waals surface area contributed by atoms with E-state index in [1.807, 2.05) is 49.6 Å². The van der Waals surface area contributed by atoms with E-state index in [0.29, 0.717) is 51.4 Å². The molecule has 12 aromatic rings. The molecule has 12 rings (SSSR count). The summed E-state index contributed by atoms with van der Waals surface area (Å²) in [6.45, 7) is 16.9. The minimum Gasteiger partial charge on any atom is -0.303 e. The van der Waals surface area contributed by atoms with Crippen LogP contribution in [0.3, 0.4) is 0 Å². The van der Waals surface area contributed by atoms with Gasteiger partial charge in [0, 0.05) is 32.3 Å². The molecule has 20 nitrogen and oxygen atoms in total. The van der Waals surface area contributed by atoms with Crippen molar-refractivity contribution in [2.24, 2.45) is 0 Å². The maximum absolute atomic E-state index is 4.93. The number of anilines is 12. The molecule has 0 saturated heterocycles. The lowest BCUT2D eigenvalue weighted by Gasteiger charge is -2.35. The first-order valence-electron chi connectivity index (χ1n) is 28.7. The molecule has 0 aliphatic carbocycles. The minimum atomic E-state index is 0.618. The number of aromatic nitrogens is 16. The second-order valence-electron chi connectivity index (χ2n) is 19.9. The van der Waals surface area contributed by atoms with Crippen molar-refractivity contribution in [1.82, 2.24) is 79.7 Å². The Morgan fingerprint density at radius 1 is 0.226 bits per heavy atom. The molecular formula is C64H62N20. The Morgan fingerprint density at radius 3 is 0.524 bits per heavy atom. The van der Waals surface area contributed by atoms with Gasteiger partial charge < -0.3 is 19.6 Å². The van der Waals surface area contributed by atoms with Gasteiger partial charge in [0.2, 0.25) is 0 Å². The van der Waals surface area contributed by atoms with Crippen molar-refractivity contribution in [1.29, 1.82) is 0 Å². The quantitative estimate of drug-likeness (QED) is 0.0648. The van der Waals surface area contributed by atoms with Crippen LogP contribution < -0.4 is 19.6 Å². The van der Waals surface area contributed by atoms with E-state index in [1.165, 1.54) is 0 Å². The van der Waals surface area contributed by atoms with E-state index < -0.39 is 0 Å². The predicted molar refractivity (Wildman–Crippen MR) is 329 cm³/mol. The number of aryl methyl sites for hydroxylation is 8. The molecule has 0 unspecified atom stereocenters. The molecule has 0 N–H and O–H groups in total. The van der Waals surface area contributed by atoms with Crippen LogP contribution in [0.2, 0.25) is 0 Å². The van der Waals surface area contributed by atoms with Crippen LogP contribution in [-0.4, -0.2) is 79.7 Å². The maximum atomic E-state index is 4.93. The zero-order chi connectivity index (χ0) is 57.8. The van der Waals surface area contributed by atoms with Gasteiger partial charge >= 0.3 is 0 Å². The Balaban J connectivity index is 1.36. The molecular weight excluding hydrogens is 1050 g/mol. The summed E-state index contributed by atoms with van der Waals surface area (Å²) in [5.74, 6) is 0. The average Bonchev–Trinajstić information content (AvgIpc) is 1.02. The largest absolute Gasteiger partial charge is 0.303 e. The van der Waals surface area contributed by atoms with Crippen molar-refractivity contribution < 1.29 is 0 Å². The van der Waals surface area contributed by atoms with E-state index in [-0.39, 0.29) is 0 Å². The average molecular weight is 1110 g/mol. The van der Waals surface area contributed by atoms with Crippen LogP contribution in [-0.2, 0) is 51.4 Å². The second kappa shape index (κ2) is 23.7. The van der Waals surface area contributed by atoms with E-state index in [4.69, 9.17) is 79.7 Å². The summed E-state index contributed by atoms with van der Waals surface area (Å²) in [7, 11) is 0. The van der Waals surface area contributed by atoms with Crippen molar-refractivity contribution in [2.75, 3.05) is 19.6 Å². The van der Waals surface area contributed by atoms with Crippen LogP contribution in [0.5, 0.6) is 0 Å². The van der Waals surface area contributed by atoms with Gasteiger partial charge in [-0.1, -0.05) is 79.7 Å². The normalized spacial score (nSPS) is 11.5. The van der Waals surface area contributed by atoms with Gasteiger partial charge in [0.15, 0.2) is 0 Å². The molecule has 20 heteroatoms. The molecule has 0 fully saturated rings. The first kappa shape index (κ1) is 54.4. The fourth-order valence-electron chi connectivity index (χ4n) is 11.7. The fourth-order valence-corrected chi connectivity index (χ4v) is 11.7. The smallest absolute Gasteiger partial charge is 0.115 e. The highest BCUT2D eigenvalue weighted by molar-refractivity contribution is 6.33. The Morgan fingerprint density at radius 2 is 0.381 bits per heavy atom. The van der Waals surface area contributed by atoms with Gasteiger partial charge in [0.25, 0.3) is 0 Å². The van der Waals surface area contributed by atoms with Crippen molar-refractivity contribution in [3.05, 3.63) is 182 Å². The SMILES string of the molecule is CCc1ncncc1N(c1cncnc1CC)c1cc(N(c2cncnc2CC)c2cncnc2CC)c2ccc3c(N(c4cncnc4CC)c4cncnc4CC)cc(N(c4cncnc4CC)c4cncnc4CC)c4ccc1c2c43. The van der Waals surface area contributed by atoms with Crippen LogP contribution in [0, 0.1) is 0 Å². The van der Waals surface area contributed by atoms with Crippen LogP contribution in [0.15, 0.2) is 137 Å². The zero-order valence-electron chi connectivity index (χ0n) is 48.3. The molecule has 84 heavy (non-hydrogen) atoms. The number of rotatable bonds is 20. The highest BCUT2D eigenvalue weighted by atomic mass is 15.2. The lowest BCUT2D eigenvalue weighted by Crippen LogP contribution is -2.20. The molecule has 0 aliphatic heterocycles. The molecule has 8 aromatic heterocycles. The molecule has 0 bridgehead atoms.